The first-order valence-corrected chi connectivity index (χ1v) is 5.22. The van der Waals surface area contributed by atoms with Crippen molar-refractivity contribution in [1.29, 1.82) is 0 Å². The van der Waals surface area contributed by atoms with Crippen LogP contribution in [-0.2, 0) is 0 Å². The highest BCUT2D eigenvalue weighted by molar-refractivity contribution is 7.59. The van der Waals surface area contributed by atoms with E-state index >= 15 is 0 Å². The van der Waals surface area contributed by atoms with E-state index in [1.54, 1.807) is 0 Å². The number of aromatic amines is 2. The third-order valence-electron chi connectivity index (χ3n) is 0.590. The summed E-state index contributed by atoms with van der Waals surface area (Å²) in [5.74, 6) is 1.86. The van der Waals surface area contributed by atoms with Gasteiger partial charge in [0.05, 0.1) is 7.85 Å². The minimum absolute atomic E-state index is 0.393. The lowest BCUT2D eigenvalue weighted by Gasteiger charge is -1.87. The highest BCUT2D eigenvalue weighted by Gasteiger charge is 1.75. The van der Waals surface area contributed by atoms with Crippen LogP contribution < -0.4 is 0 Å². The van der Waals surface area contributed by atoms with E-state index in [4.69, 9.17) is 0 Å². The molecule has 0 aromatic carbocycles. The second-order valence-electron chi connectivity index (χ2n) is 1.07. The van der Waals surface area contributed by atoms with Crippen LogP contribution in [0, 0.1) is 0 Å². The van der Waals surface area contributed by atoms with Gasteiger partial charge in [0.1, 0.15) is 8.51 Å². The van der Waals surface area contributed by atoms with Crippen molar-refractivity contribution in [3.8, 4) is 0 Å². The summed E-state index contributed by atoms with van der Waals surface area (Å²) >= 11 is 0. The van der Waals surface area contributed by atoms with Crippen molar-refractivity contribution in [2.45, 2.75) is 0 Å². The normalized spacial score (nSPS) is 12.8. The Bertz CT molecular complexity index is 175. The second kappa shape index (κ2) is 3.14. The quantitative estimate of drug-likeness (QED) is 0.659. The van der Waals surface area contributed by atoms with Gasteiger partial charge < -0.3 is 9.02 Å². The Hall–Kier alpha value is 0.0400. The zero-order valence-corrected chi connectivity index (χ0v) is 6.91. The lowest BCUT2D eigenvalue weighted by molar-refractivity contribution is 1.68. The van der Waals surface area contributed by atoms with Crippen molar-refractivity contribution in [3.63, 3.8) is 0 Å². The number of aromatic nitrogens is 3. The number of H-pyrrole nitrogens is 2. The first kappa shape index (κ1) is 6.16. The third-order valence-corrected chi connectivity index (χ3v) is 4.28. The molecule has 0 aliphatic carbocycles. The lowest BCUT2D eigenvalue weighted by atomic mass is 11.3. The van der Waals surface area contributed by atoms with E-state index in [9.17, 15) is 0 Å². The molecule has 0 spiro atoms. The van der Waals surface area contributed by atoms with Gasteiger partial charge in [0.25, 0.3) is 0 Å². The van der Waals surface area contributed by atoms with Crippen LogP contribution in [0.4, 0.5) is 0 Å². The van der Waals surface area contributed by atoms with Crippen molar-refractivity contribution >= 4 is 30.7 Å². The van der Waals surface area contributed by atoms with Crippen LogP contribution in [0.5, 0.6) is 0 Å². The Kier molecular flexibility index (Phi) is 2.42. The Labute approximate surface area is 51.6 Å². The van der Waals surface area contributed by atoms with Gasteiger partial charge in [-0.1, -0.05) is 6.58 Å². The van der Waals surface area contributed by atoms with Crippen molar-refractivity contribution in [1.82, 2.24) is 13.5 Å². The fraction of sp³-hybridized carbons (Fsp3) is 0. The molecule has 2 atom stereocenters. The molecule has 1 rings (SSSR count). The van der Waals surface area contributed by atoms with Crippen LogP contribution in [0.25, 0.3) is 5.82 Å². The predicted molar refractivity (Wildman–Crippen MR) is 41.7 cm³/mol. The van der Waals surface area contributed by atoms with Crippen LogP contribution in [0.1, 0.15) is 0 Å². The molecule has 3 nitrogen and oxygen atoms in total. The summed E-state index contributed by atoms with van der Waals surface area (Å²) in [5, 5.41) is 0. The Morgan fingerprint density at radius 2 is 2.75 bits per heavy atom. The molecule has 6 heteroatoms. The summed E-state index contributed by atoms with van der Waals surface area (Å²) in [6, 6.07) is 0. The molecule has 0 fully saturated rings. The Morgan fingerprint density at radius 3 is 3.12 bits per heavy atom. The molecular weight excluding hydrogens is 159 g/mol. The van der Waals surface area contributed by atoms with Crippen LogP contribution in [0.15, 0.2) is 6.58 Å². The molecule has 0 saturated heterocycles. The molecule has 0 bridgehead atoms. The zero-order valence-electron chi connectivity index (χ0n) is 4.13. The first-order chi connectivity index (χ1) is 3.93. The van der Waals surface area contributed by atoms with Crippen LogP contribution in [0.2, 0.25) is 0 Å². The number of nitrogens with zero attached hydrogens (tertiary/aromatic N) is 1. The summed E-state index contributed by atoms with van der Waals surface area (Å²) in [4.78, 5) is 0. The Morgan fingerprint density at radius 1 is 1.88 bits per heavy atom. The van der Waals surface area contributed by atoms with Gasteiger partial charge in [-0.05, 0) is 5.82 Å². The maximum absolute atomic E-state index is 4.15. The molecule has 1 aromatic heterocycles. The molecule has 44 valence electrons. The average Bonchev–Trinajstić information content (AvgIpc) is 1.90. The summed E-state index contributed by atoms with van der Waals surface area (Å²) in [6.45, 7) is 3.63. The van der Waals surface area contributed by atoms with Gasteiger partial charge in [-0.2, -0.15) is 4.51 Å². The van der Waals surface area contributed by atoms with Crippen molar-refractivity contribution < 1.29 is 0 Å². The summed E-state index contributed by atoms with van der Waals surface area (Å²) in [6.07, 6.45) is 0. The molecular formula is C2H6N3P3. The van der Waals surface area contributed by atoms with Gasteiger partial charge in [-0.15, -0.1) is 0 Å². The topological polar surface area (TPSA) is 44.5 Å². The highest BCUT2D eigenvalue weighted by Crippen LogP contribution is 2.22. The van der Waals surface area contributed by atoms with Crippen LogP contribution in [-0.4, -0.2) is 13.5 Å². The van der Waals surface area contributed by atoms with E-state index < -0.39 is 7.85 Å². The fourth-order valence-electron chi connectivity index (χ4n) is 0.282. The molecule has 2 unspecified atom stereocenters. The molecule has 0 amide bonds. The maximum atomic E-state index is 4.15. The van der Waals surface area contributed by atoms with Gasteiger partial charge in [-0.25, -0.2) is 0 Å². The van der Waals surface area contributed by atoms with Crippen molar-refractivity contribution in [2.75, 3.05) is 0 Å². The zero-order chi connectivity index (χ0) is 5.82. The molecule has 0 aliphatic rings. The molecule has 0 radical (unpaired) electrons. The van der Waals surface area contributed by atoms with Crippen molar-refractivity contribution in [2.24, 2.45) is 0 Å². The molecule has 1 heterocycles. The molecule has 1 aromatic rings. The van der Waals surface area contributed by atoms with Gasteiger partial charge in [0, 0.05) is 8.51 Å². The Balaban J connectivity index is 2.99. The number of nitrogens with one attached hydrogen (secondary N) is 2. The van der Waals surface area contributed by atoms with E-state index in [2.05, 4.69) is 20.1 Å². The fourth-order valence-corrected chi connectivity index (χ4v) is 3.80. The van der Waals surface area contributed by atoms with E-state index in [0.29, 0.717) is 8.51 Å². The highest BCUT2D eigenvalue weighted by atomic mass is 31.2. The third kappa shape index (κ3) is 1.52. The van der Waals surface area contributed by atoms with Gasteiger partial charge in [0.15, 0.2) is 0 Å². The van der Waals surface area contributed by atoms with Gasteiger partial charge >= 0.3 is 0 Å². The summed E-state index contributed by atoms with van der Waals surface area (Å²) < 4.78 is 10.3. The molecule has 0 saturated carbocycles. The van der Waals surface area contributed by atoms with E-state index in [0.717, 1.165) is 8.51 Å². The lowest BCUT2D eigenvalue weighted by Crippen LogP contribution is -1.56. The van der Waals surface area contributed by atoms with E-state index in [1.807, 2.05) is 5.82 Å². The monoisotopic (exact) mass is 165 g/mol. The number of rotatable bonds is 1. The standard InChI is InChI=1S/C2H6N3P3/c1-2-8-4-6-3-7-5-8/h2,4,6H,1H2,(H,3,5). The molecule has 0 aliphatic heterocycles. The minimum Gasteiger partial charge on any atom is -0.307 e. The number of hydrogen-bond donors (Lipinski definition) is 2. The number of hydrogen-bond acceptors (Lipinski definition) is 1. The average molecular weight is 165 g/mol. The summed E-state index contributed by atoms with van der Waals surface area (Å²) in [7, 11) is 1.24. The van der Waals surface area contributed by atoms with E-state index in [1.165, 1.54) is 0 Å². The van der Waals surface area contributed by atoms with Crippen molar-refractivity contribution in [3.05, 3.63) is 6.58 Å². The molecule has 2 N–H and O–H groups in total. The van der Waals surface area contributed by atoms with E-state index in [-0.39, 0.29) is 0 Å². The van der Waals surface area contributed by atoms with Gasteiger partial charge in [0.2, 0.25) is 0 Å². The molecule has 8 heavy (non-hydrogen) atoms. The SMILES string of the molecule is C=Cp1np[nH][pH][nH]1. The summed E-state index contributed by atoms with van der Waals surface area (Å²) in [5.41, 5.74) is 0. The largest absolute Gasteiger partial charge is 0.307 e. The minimum atomic E-state index is -0.393. The van der Waals surface area contributed by atoms with Crippen LogP contribution >= 0.6 is 24.9 Å². The predicted octanol–water partition coefficient (Wildman–Crippen LogP) is 2.56. The van der Waals surface area contributed by atoms with Crippen LogP contribution in [0.3, 0.4) is 0 Å². The smallest absolute Gasteiger partial charge is 0.139 e. The maximum Gasteiger partial charge on any atom is 0.139 e. The first-order valence-electron chi connectivity index (χ1n) is 2.01. The van der Waals surface area contributed by atoms with Gasteiger partial charge in [-0.3, -0.25) is 0 Å². The second-order valence-corrected chi connectivity index (χ2v) is 5.07.